The smallest absolute Gasteiger partial charge is 0.321 e. The maximum Gasteiger partial charge on any atom is 0.321 e. The summed E-state index contributed by atoms with van der Waals surface area (Å²) >= 11 is 0. The van der Waals surface area contributed by atoms with Crippen molar-refractivity contribution >= 4 is 17.0 Å². The third kappa shape index (κ3) is 3.52. The van der Waals surface area contributed by atoms with E-state index in [0.717, 1.165) is 23.3 Å². The summed E-state index contributed by atoms with van der Waals surface area (Å²) in [6.07, 6.45) is 0.820. The molecule has 19 heavy (non-hydrogen) atoms. The average Bonchev–Trinajstić information content (AvgIpc) is 2.73. The largest absolute Gasteiger partial charge is 0.480 e. The molecule has 1 aromatic carbocycles. The number of rotatable bonds is 6. The summed E-state index contributed by atoms with van der Waals surface area (Å²) < 4.78 is 0. The van der Waals surface area contributed by atoms with E-state index in [4.69, 9.17) is 10.8 Å². The number of hydrogen-bond acceptors (Lipinski definition) is 4. The number of aromatic amines is 1. The van der Waals surface area contributed by atoms with Gasteiger partial charge in [0.25, 0.3) is 0 Å². The summed E-state index contributed by atoms with van der Waals surface area (Å²) in [6.45, 7) is 2.90. The van der Waals surface area contributed by atoms with E-state index in [1.807, 2.05) is 19.1 Å². The molecule has 0 aliphatic heterocycles. The molecule has 1 aromatic heterocycles. The van der Waals surface area contributed by atoms with Gasteiger partial charge in [-0.1, -0.05) is 6.07 Å². The van der Waals surface area contributed by atoms with Crippen molar-refractivity contribution in [3.8, 4) is 0 Å². The van der Waals surface area contributed by atoms with Crippen LogP contribution in [0.1, 0.15) is 11.4 Å². The molecule has 1 atom stereocenters. The minimum absolute atomic E-state index is 0.279. The zero-order chi connectivity index (χ0) is 13.8. The number of aliphatic carboxylic acids is 1. The van der Waals surface area contributed by atoms with Crippen molar-refractivity contribution in [1.29, 1.82) is 0 Å². The van der Waals surface area contributed by atoms with Gasteiger partial charge in [0.05, 0.1) is 11.0 Å². The Kier molecular flexibility index (Phi) is 4.13. The Hall–Kier alpha value is -1.92. The molecule has 1 unspecified atom stereocenters. The number of aromatic nitrogens is 2. The summed E-state index contributed by atoms with van der Waals surface area (Å²) in [6, 6.07) is 5.23. The molecule has 1 heterocycles. The maximum atomic E-state index is 10.5. The predicted molar refractivity (Wildman–Crippen MR) is 73.0 cm³/mol. The molecule has 0 spiro atoms. The topological polar surface area (TPSA) is 104 Å². The van der Waals surface area contributed by atoms with Gasteiger partial charge in [-0.3, -0.25) is 4.79 Å². The fraction of sp³-hybridized carbons (Fsp3) is 0.385. The Bertz CT molecular complexity index is 579. The molecule has 0 fully saturated rings. The van der Waals surface area contributed by atoms with Crippen molar-refractivity contribution in [2.24, 2.45) is 5.73 Å². The molecule has 0 radical (unpaired) electrons. The number of hydrogen-bond donors (Lipinski definition) is 4. The highest BCUT2D eigenvalue weighted by Crippen LogP contribution is 2.13. The van der Waals surface area contributed by atoms with Gasteiger partial charge in [0.2, 0.25) is 0 Å². The van der Waals surface area contributed by atoms with Crippen LogP contribution in [0.25, 0.3) is 11.0 Å². The number of carboxylic acids is 1. The Morgan fingerprint density at radius 2 is 2.37 bits per heavy atom. The lowest BCUT2D eigenvalue weighted by atomic mass is 10.1. The molecule has 2 rings (SSSR count). The average molecular weight is 262 g/mol. The fourth-order valence-corrected chi connectivity index (χ4v) is 1.92. The summed E-state index contributed by atoms with van der Waals surface area (Å²) in [5.74, 6) is -0.0837. The van der Waals surface area contributed by atoms with Crippen LogP contribution in [0.5, 0.6) is 0 Å². The van der Waals surface area contributed by atoms with Gasteiger partial charge in [-0.2, -0.15) is 0 Å². The highest BCUT2D eigenvalue weighted by atomic mass is 16.4. The summed E-state index contributed by atoms with van der Waals surface area (Å²) in [7, 11) is 0. The second kappa shape index (κ2) is 5.81. The zero-order valence-corrected chi connectivity index (χ0v) is 10.8. The van der Waals surface area contributed by atoms with Gasteiger partial charge in [0.15, 0.2) is 0 Å². The van der Waals surface area contributed by atoms with Crippen LogP contribution in [0, 0.1) is 6.92 Å². The van der Waals surface area contributed by atoms with Crippen LogP contribution in [0.4, 0.5) is 0 Å². The third-order valence-corrected chi connectivity index (χ3v) is 2.94. The molecule has 6 heteroatoms. The number of carboxylic acid groups (broad SMARTS) is 1. The highest BCUT2D eigenvalue weighted by Gasteiger charge is 2.09. The Morgan fingerprint density at radius 1 is 1.58 bits per heavy atom. The lowest BCUT2D eigenvalue weighted by Crippen LogP contribution is -2.40. The Balaban J connectivity index is 1.86. The lowest BCUT2D eigenvalue weighted by molar-refractivity contribution is -0.138. The SMILES string of the molecule is Cc1nc2ccc(CCNCC(N)C(=O)O)cc2[nH]1. The molecular formula is C13H18N4O2. The first-order valence-electron chi connectivity index (χ1n) is 6.20. The quantitative estimate of drug-likeness (QED) is 0.565. The predicted octanol–water partition coefficient (Wildman–Crippen LogP) is 0.415. The molecule has 2 aromatic rings. The van der Waals surface area contributed by atoms with Gasteiger partial charge in [0.1, 0.15) is 11.9 Å². The van der Waals surface area contributed by atoms with Gasteiger partial charge >= 0.3 is 5.97 Å². The number of H-pyrrole nitrogens is 1. The molecule has 0 saturated carbocycles. The first kappa shape index (κ1) is 13.5. The maximum absolute atomic E-state index is 10.5. The van der Waals surface area contributed by atoms with E-state index in [2.05, 4.69) is 21.4 Å². The molecular weight excluding hydrogens is 244 g/mol. The van der Waals surface area contributed by atoms with Gasteiger partial charge in [-0.15, -0.1) is 0 Å². The molecule has 0 amide bonds. The number of carbonyl (C=O) groups is 1. The summed E-state index contributed by atoms with van der Waals surface area (Å²) in [5, 5.41) is 11.7. The molecule has 0 aliphatic rings. The van der Waals surface area contributed by atoms with Crippen LogP contribution in [0.2, 0.25) is 0 Å². The molecule has 0 bridgehead atoms. The number of nitrogens with two attached hydrogens (primary N) is 1. The minimum Gasteiger partial charge on any atom is -0.480 e. The number of imidazole rings is 1. The number of aryl methyl sites for hydroxylation is 1. The van der Waals surface area contributed by atoms with Crippen LogP contribution < -0.4 is 11.1 Å². The van der Waals surface area contributed by atoms with Crippen molar-refractivity contribution in [1.82, 2.24) is 15.3 Å². The van der Waals surface area contributed by atoms with Crippen molar-refractivity contribution in [2.75, 3.05) is 13.1 Å². The van der Waals surface area contributed by atoms with E-state index >= 15 is 0 Å². The van der Waals surface area contributed by atoms with Gasteiger partial charge in [-0.05, 0) is 37.6 Å². The highest BCUT2D eigenvalue weighted by molar-refractivity contribution is 5.75. The van der Waals surface area contributed by atoms with Crippen LogP contribution >= 0.6 is 0 Å². The molecule has 0 aliphatic carbocycles. The number of nitrogens with one attached hydrogen (secondary N) is 2. The zero-order valence-electron chi connectivity index (χ0n) is 10.8. The monoisotopic (exact) mass is 262 g/mol. The number of benzene rings is 1. The van der Waals surface area contributed by atoms with E-state index in [9.17, 15) is 4.79 Å². The molecule has 5 N–H and O–H groups in total. The second-order valence-electron chi connectivity index (χ2n) is 4.57. The minimum atomic E-state index is -0.984. The van der Waals surface area contributed by atoms with E-state index < -0.39 is 12.0 Å². The van der Waals surface area contributed by atoms with E-state index in [-0.39, 0.29) is 6.54 Å². The van der Waals surface area contributed by atoms with E-state index in [1.165, 1.54) is 5.56 Å². The number of nitrogens with zero attached hydrogens (tertiary/aromatic N) is 1. The summed E-state index contributed by atoms with van der Waals surface area (Å²) in [5.41, 5.74) is 8.56. The Labute approximate surface area is 111 Å². The van der Waals surface area contributed by atoms with Gasteiger partial charge < -0.3 is 21.1 Å². The summed E-state index contributed by atoms with van der Waals surface area (Å²) in [4.78, 5) is 18.1. The molecule has 6 nitrogen and oxygen atoms in total. The van der Waals surface area contributed by atoms with Crippen LogP contribution in [0.3, 0.4) is 0 Å². The first-order valence-corrected chi connectivity index (χ1v) is 6.20. The van der Waals surface area contributed by atoms with Crippen LogP contribution in [-0.4, -0.2) is 40.2 Å². The molecule has 0 saturated heterocycles. The van der Waals surface area contributed by atoms with Crippen LogP contribution in [-0.2, 0) is 11.2 Å². The van der Waals surface area contributed by atoms with Crippen molar-refractivity contribution in [2.45, 2.75) is 19.4 Å². The fourth-order valence-electron chi connectivity index (χ4n) is 1.92. The van der Waals surface area contributed by atoms with Gasteiger partial charge in [0, 0.05) is 6.54 Å². The third-order valence-electron chi connectivity index (χ3n) is 2.94. The van der Waals surface area contributed by atoms with Crippen molar-refractivity contribution in [3.05, 3.63) is 29.6 Å². The van der Waals surface area contributed by atoms with Crippen molar-refractivity contribution in [3.63, 3.8) is 0 Å². The van der Waals surface area contributed by atoms with Crippen LogP contribution in [0.15, 0.2) is 18.2 Å². The standard InChI is InChI=1S/C13H18N4O2/c1-8-16-11-3-2-9(6-12(11)17-8)4-5-15-7-10(14)13(18)19/h2-3,6,10,15H,4-5,7,14H2,1H3,(H,16,17)(H,18,19). The van der Waals surface area contributed by atoms with E-state index in [0.29, 0.717) is 6.54 Å². The van der Waals surface area contributed by atoms with Crippen molar-refractivity contribution < 1.29 is 9.90 Å². The lowest BCUT2D eigenvalue weighted by Gasteiger charge is -2.08. The molecule has 102 valence electrons. The normalized spacial score (nSPS) is 12.7. The van der Waals surface area contributed by atoms with Gasteiger partial charge in [-0.25, -0.2) is 4.98 Å². The van der Waals surface area contributed by atoms with E-state index in [1.54, 1.807) is 0 Å². The second-order valence-corrected chi connectivity index (χ2v) is 4.57. The number of fused-ring (bicyclic) bond motifs is 1. The first-order chi connectivity index (χ1) is 9.06. The Morgan fingerprint density at radius 3 is 3.11 bits per heavy atom.